The fraction of sp³-hybridized carbons (Fsp3) is 0.692. The van der Waals surface area contributed by atoms with Crippen molar-refractivity contribution in [1.82, 2.24) is 4.98 Å². The van der Waals surface area contributed by atoms with Gasteiger partial charge in [0.15, 0.2) is 5.69 Å². The van der Waals surface area contributed by atoms with Crippen LogP contribution in [-0.2, 0) is 15.1 Å². The fourth-order valence-electron chi connectivity index (χ4n) is 2.11. The molecular weight excluding hydrogens is 250 g/mol. The third-order valence-electron chi connectivity index (χ3n) is 3.19. The van der Waals surface area contributed by atoms with Crippen LogP contribution in [0.2, 0.25) is 0 Å². The summed E-state index contributed by atoms with van der Waals surface area (Å²) in [5.74, 6) is -0.336. The molecule has 0 aromatic carbocycles. The summed E-state index contributed by atoms with van der Waals surface area (Å²) in [7, 11) is 0. The minimum Gasteiger partial charge on any atom is -0.461 e. The summed E-state index contributed by atoms with van der Waals surface area (Å²) >= 11 is 1.54. The van der Waals surface area contributed by atoms with Gasteiger partial charge in [-0.2, -0.15) is 0 Å². The Morgan fingerprint density at radius 2 is 2.33 bits per heavy atom. The maximum Gasteiger partial charge on any atom is 0.358 e. The highest BCUT2D eigenvalue weighted by Crippen LogP contribution is 2.37. The quantitative estimate of drug-likeness (QED) is 0.791. The first kappa shape index (κ1) is 13.5. The van der Waals surface area contributed by atoms with E-state index in [0.29, 0.717) is 12.3 Å². The summed E-state index contributed by atoms with van der Waals surface area (Å²) in [6.45, 7) is 6.90. The highest BCUT2D eigenvalue weighted by molar-refractivity contribution is 7.12. The number of aryl methyl sites for hydroxylation is 1. The van der Waals surface area contributed by atoms with Gasteiger partial charge in [-0.05, 0) is 40.0 Å². The zero-order valence-corrected chi connectivity index (χ0v) is 11.9. The molecule has 0 N–H and O–H groups in total. The van der Waals surface area contributed by atoms with Crippen LogP contribution < -0.4 is 0 Å². The highest BCUT2D eigenvalue weighted by atomic mass is 32.1. The van der Waals surface area contributed by atoms with E-state index in [9.17, 15) is 4.79 Å². The third kappa shape index (κ3) is 2.57. The van der Waals surface area contributed by atoms with Gasteiger partial charge in [-0.1, -0.05) is 0 Å². The van der Waals surface area contributed by atoms with E-state index in [2.05, 4.69) is 11.9 Å². The zero-order chi connectivity index (χ0) is 13.2. The largest absolute Gasteiger partial charge is 0.461 e. The summed E-state index contributed by atoms with van der Waals surface area (Å²) in [6, 6.07) is 0. The van der Waals surface area contributed by atoms with E-state index in [-0.39, 0.29) is 11.6 Å². The number of hydrogen-bond donors (Lipinski definition) is 0. The molecule has 0 radical (unpaired) electrons. The predicted molar refractivity (Wildman–Crippen MR) is 70.0 cm³/mol. The van der Waals surface area contributed by atoms with Gasteiger partial charge in [0.05, 0.1) is 6.61 Å². The molecule has 4 nitrogen and oxygen atoms in total. The van der Waals surface area contributed by atoms with E-state index in [1.807, 2.05) is 6.92 Å². The number of carbonyl (C=O) groups excluding carboxylic acids is 1. The van der Waals surface area contributed by atoms with Gasteiger partial charge in [-0.15, -0.1) is 11.3 Å². The lowest BCUT2D eigenvalue weighted by Crippen LogP contribution is -2.30. The standard InChI is InChI=1S/C13H19NO3S/c1-4-16-11(15)10-9(2)18-12(14-10)13(3)7-5-6-8-17-13/h4-8H2,1-3H3. The van der Waals surface area contributed by atoms with Crippen molar-refractivity contribution >= 4 is 17.3 Å². The van der Waals surface area contributed by atoms with E-state index >= 15 is 0 Å². The van der Waals surface area contributed by atoms with Crippen molar-refractivity contribution in [3.8, 4) is 0 Å². The molecule has 0 amide bonds. The van der Waals surface area contributed by atoms with Gasteiger partial charge in [-0.3, -0.25) is 0 Å². The van der Waals surface area contributed by atoms with Gasteiger partial charge in [0.1, 0.15) is 10.6 Å². The molecule has 2 heterocycles. The Kier molecular flexibility index (Phi) is 4.02. The van der Waals surface area contributed by atoms with Gasteiger partial charge in [0, 0.05) is 11.5 Å². The van der Waals surface area contributed by atoms with E-state index in [1.54, 1.807) is 6.92 Å². The van der Waals surface area contributed by atoms with Gasteiger partial charge < -0.3 is 9.47 Å². The molecule has 1 unspecified atom stereocenters. The molecule has 1 aromatic heterocycles. The highest BCUT2D eigenvalue weighted by Gasteiger charge is 2.34. The Morgan fingerprint density at radius 3 is 2.94 bits per heavy atom. The topological polar surface area (TPSA) is 48.4 Å². The first-order chi connectivity index (χ1) is 8.57. The molecule has 0 bridgehead atoms. The summed E-state index contributed by atoms with van der Waals surface area (Å²) < 4.78 is 10.9. The van der Waals surface area contributed by atoms with Gasteiger partial charge >= 0.3 is 5.97 Å². The Labute approximate surface area is 111 Å². The van der Waals surface area contributed by atoms with Crippen LogP contribution >= 0.6 is 11.3 Å². The lowest BCUT2D eigenvalue weighted by Gasteiger charge is -2.31. The first-order valence-corrected chi connectivity index (χ1v) is 7.17. The minimum absolute atomic E-state index is 0.335. The van der Waals surface area contributed by atoms with Crippen molar-refractivity contribution in [3.05, 3.63) is 15.6 Å². The number of ether oxygens (including phenoxy) is 2. The van der Waals surface area contributed by atoms with Crippen LogP contribution in [0.5, 0.6) is 0 Å². The number of thiazole rings is 1. The van der Waals surface area contributed by atoms with Crippen LogP contribution in [0.3, 0.4) is 0 Å². The molecule has 1 aliphatic heterocycles. The maximum atomic E-state index is 11.7. The minimum atomic E-state index is -0.336. The second-order valence-corrected chi connectivity index (χ2v) is 5.88. The number of nitrogens with zero attached hydrogens (tertiary/aromatic N) is 1. The Hall–Kier alpha value is -0.940. The third-order valence-corrected chi connectivity index (χ3v) is 4.40. The Bertz CT molecular complexity index is 435. The molecule has 0 spiro atoms. The summed E-state index contributed by atoms with van der Waals surface area (Å²) in [4.78, 5) is 17.1. The Balaban J connectivity index is 2.25. The monoisotopic (exact) mass is 269 g/mol. The van der Waals surface area contributed by atoms with E-state index in [1.165, 1.54) is 11.3 Å². The van der Waals surface area contributed by atoms with Crippen LogP contribution in [0.1, 0.15) is 53.5 Å². The van der Waals surface area contributed by atoms with Gasteiger partial charge in [0.25, 0.3) is 0 Å². The van der Waals surface area contributed by atoms with Crippen LogP contribution in [0, 0.1) is 6.92 Å². The molecule has 1 aliphatic rings. The average molecular weight is 269 g/mol. The molecule has 1 saturated heterocycles. The van der Waals surface area contributed by atoms with Crippen LogP contribution in [0.4, 0.5) is 0 Å². The lowest BCUT2D eigenvalue weighted by molar-refractivity contribution is -0.0702. The average Bonchev–Trinajstić information content (AvgIpc) is 2.73. The summed E-state index contributed by atoms with van der Waals surface area (Å²) in [5, 5.41) is 0.891. The molecule has 1 aromatic rings. The van der Waals surface area contributed by atoms with Gasteiger partial charge in [0.2, 0.25) is 0 Å². The molecule has 18 heavy (non-hydrogen) atoms. The molecule has 2 rings (SSSR count). The molecule has 0 aliphatic carbocycles. The molecule has 5 heteroatoms. The molecule has 0 saturated carbocycles. The van der Waals surface area contributed by atoms with E-state index in [4.69, 9.17) is 9.47 Å². The van der Waals surface area contributed by atoms with E-state index < -0.39 is 0 Å². The first-order valence-electron chi connectivity index (χ1n) is 6.36. The second-order valence-electron chi connectivity index (χ2n) is 4.68. The second kappa shape index (κ2) is 5.36. The number of aromatic nitrogens is 1. The van der Waals surface area contributed by atoms with Crippen molar-refractivity contribution in [2.75, 3.05) is 13.2 Å². The van der Waals surface area contributed by atoms with Gasteiger partial charge in [-0.25, -0.2) is 9.78 Å². The zero-order valence-electron chi connectivity index (χ0n) is 11.1. The number of esters is 1. The van der Waals surface area contributed by atoms with Crippen LogP contribution in [0.25, 0.3) is 0 Å². The van der Waals surface area contributed by atoms with Crippen LogP contribution in [0.15, 0.2) is 0 Å². The predicted octanol–water partition coefficient (Wildman–Crippen LogP) is 3.04. The summed E-state index contributed by atoms with van der Waals surface area (Å²) in [6.07, 6.45) is 3.21. The molecular formula is C13H19NO3S. The number of hydrogen-bond acceptors (Lipinski definition) is 5. The van der Waals surface area contributed by atoms with Crippen molar-refractivity contribution in [3.63, 3.8) is 0 Å². The molecule has 100 valence electrons. The van der Waals surface area contributed by atoms with Crippen molar-refractivity contribution in [2.45, 2.75) is 45.6 Å². The fourth-order valence-corrected chi connectivity index (χ4v) is 3.14. The maximum absolute atomic E-state index is 11.7. The summed E-state index contributed by atoms with van der Waals surface area (Å²) in [5.41, 5.74) is 0.102. The SMILES string of the molecule is CCOC(=O)c1nc(C2(C)CCCCO2)sc1C. The van der Waals surface area contributed by atoms with Crippen molar-refractivity contribution in [1.29, 1.82) is 0 Å². The Morgan fingerprint density at radius 1 is 1.56 bits per heavy atom. The number of rotatable bonds is 3. The van der Waals surface area contributed by atoms with Crippen LogP contribution in [-0.4, -0.2) is 24.2 Å². The normalized spacial score (nSPS) is 23.9. The molecule has 1 atom stereocenters. The number of carbonyl (C=O) groups is 1. The van der Waals surface area contributed by atoms with Crippen molar-refractivity contribution < 1.29 is 14.3 Å². The smallest absolute Gasteiger partial charge is 0.358 e. The molecule has 1 fully saturated rings. The van der Waals surface area contributed by atoms with E-state index in [0.717, 1.165) is 35.8 Å². The lowest BCUT2D eigenvalue weighted by atomic mass is 9.97. The van der Waals surface area contributed by atoms with Crippen molar-refractivity contribution in [2.24, 2.45) is 0 Å².